The predicted molar refractivity (Wildman–Crippen MR) is 112 cm³/mol. The lowest BCUT2D eigenvalue weighted by molar-refractivity contribution is 0.0297. The highest BCUT2D eigenvalue weighted by Crippen LogP contribution is 2.33. The quantitative estimate of drug-likeness (QED) is 0.645. The Balaban J connectivity index is 2.05. The van der Waals surface area contributed by atoms with E-state index in [-0.39, 0.29) is 18.0 Å². The van der Waals surface area contributed by atoms with E-state index in [0.29, 0.717) is 18.6 Å². The van der Waals surface area contributed by atoms with Crippen LogP contribution in [0.3, 0.4) is 0 Å². The van der Waals surface area contributed by atoms with Crippen molar-refractivity contribution in [2.45, 2.75) is 46.1 Å². The van der Waals surface area contributed by atoms with Gasteiger partial charge in [0.05, 0.1) is 12.3 Å². The third-order valence-corrected chi connectivity index (χ3v) is 5.20. The SMILES string of the molecule is CCC(O)(c1ccc(C)cc1)c1c(C)c(=O)[nH]c(=O)n1COCc1ccccc1. The standard InChI is InChI=1S/C23H26N2O4/c1-4-23(28,19-12-10-16(2)11-13-19)20-17(3)21(26)24-22(27)25(20)15-29-14-18-8-6-5-7-9-18/h5-13,28H,4,14-15H2,1-3H3,(H,24,26,27). The molecule has 0 spiro atoms. The summed E-state index contributed by atoms with van der Waals surface area (Å²) in [6.45, 7) is 5.60. The molecule has 0 fully saturated rings. The van der Waals surface area contributed by atoms with Gasteiger partial charge in [-0.3, -0.25) is 14.3 Å². The van der Waals surface area contributed by atoms with Crippen LogP contribution in [-0.4, -0.2) is 14.7 Å². The molecule has 3 aromatic rings. The normalized spacial score (nSPS) is 13.2. The van der Waals surface area contributed by atoms with Crippen LogP contribution >= 0.6 is 0 Å². The second-order valence-electron chi connectivity index (χ2n) is 7.20. The minimum absolute atomic E-state index is 0.0884. The second-order valence-corrected chi connectivity index (χ2v) is 7.20. The lowest BCUT2D eigenvalue weighted by Gasteiger charge is -2.31. The molecular weight excluding hydrogens is 368 g/mol. The highest BCUT2D eigenvalue weighted by Gasteiger charge is 2.35. The zero-order chi connectivity index (χ0) is 21.0. The van der Waals surface area contributed by atoms with Crippen molar-refractivity contribution in [2.75, 3.05) is 0 Å². The highest BCUT2D eigenvalue weighted by atomic mass is 16.5. The van der Waals surface area contributed by atoms with Crippen molar-refractivity contribution in [3.05, 3.63) is 103 Å². The summed E-state index contributed by atoms with van der Waals surface area (Å²) in [5.41, 5.74) is 0.567. The number of ether oxygens (including phenoxy) is 1. The molecule has 0 saturated heterocycles. The molecule has 0 radical (unpaired) electrons. The topological polar surface area (TPSA) is 84.3 Å². The first-order valence-electron chi connectivity index (χ1n) is 9.62. The third kappa shape index (κ3) is 4.23. The van der Waals surface area contributed by atoms with Gasteiger partial charge in [0.15, 0.2) is 0 Å². The van der Waals surface area contributed by atoms with Gasteiger partial charge in [-0.1, -0.05) is 67.1 Å². The fourth-order valence-corrected chi connectivity index (χ4v) is 3.49. The monoisotopic (exact) mass is 394 g/mol. The van der Waals surface area contributed by atoms with Crippen LogP contribution in [0.4, 0.5) is 0 Å². The molecule has 0 bridgehead atoms. The van der Waals surface area contributed by atoms with Crippen molar-refractivity contribution in [3.63, 3.8) is 0 Å². The average molecular weight is 394 g/mol. The fraction of sp³-hybridized carbons (Fsp3) is 0.304. The van der Waals surface area contributed by atoms with Crippen molar-refractivity contribution >= 4 is 0 Å². The number of aryl methyl sites for hydroxylation is 1. The Morgan fingerprint density at radius 2 is 1.69 bits per heavy atom. The zero-order valence-corrected chi connectivity index (χ0v) is 16.9. The number of H-pyrrole nitrogens is 1. The second kappa shape index (κ2) is 8.59. The number of hydrogen-bond acceptors (Lipinski definition) is 4. The fourth-order valence-electron chi connectivity index (χ4n) is 3.49. The van der Waals surface area contributed by atoms with Crippen LogP contribution in [0.2, 0.25) is 0 Å². The molecule has 6 heteroatoms. The van der Waals surface area contributed by atoms with Crippen molar-refractivity contribution in [1.82, 2.24) is 9.55 Å². The molecular formula is C23H26N2O4. The van der Waals surface area contributed by atoms with Gasteiger partial charge >= 0.3 is 5.69 Å². The summed E-state index contributed by atoms with van der Waals surface area (Å²) in [4.78, 5) is 27.3. The number of hydrogen-bond donors (Lipinski definition) is 2. The van der Waals surface area contributed by atoms with Crippen molar-refractivity contribution in [2.24, 2.45) is 0 Å². The van der Waals surface area contributed by atoms with Crippen molar-refractivity contribution in [1.29, 1.82) is 0 Å². The first-order valence-corrected chi connectivity index (χ1v) is 9.62. The summed E-state index contributed by atoms with van der Waals surface area (Å²) in [5.74, 6) is 0. The Morgan fingerprint density at radius 1 is 1.03 bits per heavy atom. The summed E-state index contributed by atoms with van der Waals surface area (Å²) in [7, 11) is 0. The van der Waals surface area contributed by atoms with Gasteiger partial charge < -0.3 is 9.84 Å². The van der Waals surface area contributed by atoms with E-state index in [2.05, 4.69) is 4.98 Å². The zero-order valence-electron chi connectivity index (χ0n) is 16.9. The average Bonchev–Trinajstić information content (AvgIpc) is 2.72. The lowest BCUT2D eigenvalue weighted by Crippen LogP contribution is -2.42. The summed E-state index contributed by atoms with van der Waals surface area (Å²) in [6, 6.07) is 17.0. The maximum Gasteiger partial charge on any atom is 0.330 e. The number of rotatable bonds is 7. The molecule has 1 aromatic heterocycles. The van der Waals surface area contributed by atoms with E-state index in [1.807, 2.05) is 68.4 Å². The van der Waals surface area contributed by atoms with E-state index in [4.69, 9.17) is 4.74 Å². The molecule has 0 saturated carbocycles. The molecule has 152 valence electrons. The molecule has 0 aliphatic heterocycles. The van der Waals surface area contributed by atoms with E-state index in [1.165, 1.54) is 4.57 Å². The smallest absolute Gasteiger partial charge is 0.330 e. The number of nitrogens with one attached hydrogen (secondary N) is 1. The van der Waals surface area contributed by atoms with E-state index in [1.54, 1.807) is 6.92 Å². The Hall–Kier alpha value is -2.96. The molecule has 6 nitrogen and oxygen atoms in total. The van der Waals surface area contributed by atoms with Gasteiger partial charge in [0.2, 0.25) is 0 Å². The first kappa shape index (κ1) is 20.8. The predicted octanol–water partition coefficient (Wildman–Crippen LogP) is 2.97. The van der Waals surface area contributed by atoms with Crippen LogP contribution in [0.15, 0.2) is 64.2 Å². The number of nitrogens with zero attached hydrogens (tertiary/aromatic N) is 1. The molecule has 0 aliphatic carbocycles. The Kier molecular flexibility index (Phi) is 6.15. The molecule has 2 aromatic carbocycles. The summed E-state index contributed by atoms with van der Waals surface area (Å²) in [6.07, 6.45) is 0.290. The minimum Gasteiger partial charge on any atom is -0.379 e. The Morgan fingerprint density at radius 3 is 2.31 bits per heavy atom. The Bertz CT molecular complexity index is 1080. The van der Waals surface area contributed by atoms with Crippen LogP contribution in [0, 0.1) is 13.8 Å². The molecule has 1 unspecified atom stereocenters. The lowest BCUT2D eigenvalue weighted by atomic mass is 9.85. The molecule has 0 amide bonds. The minimum atomic E-state index is -1.50. The van der Waals surface area contributed by atoms with Gasteiger partial charge in [0.1, 0.15) is 12.3 Å². The van der Waals surface area contributed by atoms with E-state index < -0.39 is 16.9 Å². The molecule has 1 heterocycles. The van der Waals surface area contributed by atoms with Gasteiger partial charge in [0.25, 0.3) is 5.56 Å². The Labute approximate surface area is 169 Å². The molecule has 29 heavy (non-hydrogen) atoms. The third-order valence-electron chi connectivity index (χ3n) is 5.20. The largest absolute Gasteiger partial charge is 0.379 e. The van der Waals surface area contributed by atoms with Gasteiger partial charge in [-0.25, -0.2) is 4.79 Å². The number of aliphatic hydroxyl groups is 1. The van der Waals surface area contributed by atoms with Gasteiger partial charge in [0, 0.05) is 5.56 Å². The van der Waals surface area contributed by atoms with Crippen LogP contribution < -0.4 is 11.2 Å². The van der Waals surface area contributed by atoms with Gasteiger partial charge in [-0.2, -0.15) is 0 Å². The van der Waals surface area contributed by atoms with Gasteiger partial charge in [-0.15, -0.1) is 0 Å². The van der Waals surface area contributed by atoms with Crippen LogP contribution in [0.5, 0.6) is 0 Å². The summed E-state index contributed by atoms with van der Waals surface area (Å²) < 4.78 is 7.06. The number of aromatic nitrogens is 2. The first-order chi connectivity index (χ1) is 13.9. The number of benzene rings is 2. The maximum absolute atomic E-state index is 12.6. The van der Waals surface area contributed by atoms with Gasteiger partial charge in [-0.05, 0) is 31.4 Å². The summed E-state index contributed by atoms with van der Waals surface area (Å²) >= 11 is 0. The van der Waals surface area contributed by atoms with Crippen LogP contribution in [0.1, 0.15) is 41.3 Å². The van der Waals surface area contributed by atoms with E-state index >= 15 is 0 Å². The van der Waals surface area contributed by atoms with E-state index in [0.717, 1.165) is 11.1 Å². The maximum atomic E-state index is 12.6. The van der Waals surface area contributed by atoms with Crippen molar-refractivity contribution < 1.29 is 9.84 Å². The molecule has 0 aliphatic rings. The number of aromatic amines is 1. The summed E-state index contributed by atoms with van der Waals surface area (Å²) in [5, 5.41) is 11.6. The van der Waals surface area contributed by atoms with Crippen LogP contribution in [-0.2, 0) is 23.7 Å². The molecule has 1 atom stereocenters. The van der Waals surface area contributed by atoms with E-state index in [9.17, 15) is 14.7 Å². The molecule has 2 N–H and O–H groups in total. The van der Waals surface area contributed by atoms with Crippen molar-refractivity contribution in [3.8, 4) is 0 Å². The van der Waals surface area contributed by atoms with Crippen LogP contribution in [0.25, 0.3) is 0 Å². The molecule has 3 rings (SSSR count). The highest BCUT2D eigenvalue weighted by molar-refractivity contribution is 5.37.